The number of likely N-dealkylation sites (tertiary alicyclic amines) is 1. The molecule has 1 fully saturated rings. The zero-order valence-corrected chi connectivity index (χ0v) is 16.6. The highest BCUT2D eigenvalue weighted by Gasteiger charge is 2.37. The van der Waals surface area contributed by atoms with Gasteiger partial charge < -0.3 is 19.5 Å². The monoisotopic (exact) mass is 381 g/mol. The number of hydrogen-bond acceptors (Lipinski definition) is 3. The predicted octanol–water partition coefficient (Wildman–Crippen LogP) is 3.06. The standard InChI is InChI=1S/C22H27N3O3/c1-14(2)23-22(27)24-11-15-10-17(13-24)21-19(8-9-20(26)25(21)12-15)16-4-6-18(28-3)7-5-16/h4-9,14-15,17H,10-13H2,1-3H3,(H,23,27). The second kappa shape index (κ2) is 7.34. The Labute approximate surface area is 165 Å². The van der Waals surface area contributed by atoms with Crippen LogP contribution in [0.15, 0.2) is 41.2 Å². The van der Waals surface area contributed by atoms with Gasteiger partial charge in [0.05, 0.1) is 7.11 Å². The van der Waals surface area contributed by atoms with Crippen LogP contribution in [0, 0.1) is 5.92 Å². The van der Waals surface area contributed by atoms with Gasteiger partial charge in [0, 0.05) is 48.9 Å². The van der Waals surface area contributed by atoms with Gasteiger partial charge in [-0.2, -0.15) is 0 Å². The lowest BCUT2D eigenvalue weighted by atomic mass is 9.80. The Balaban J connectivity index is 1.72. The first-order valence-electron chi connectivity index (χ1n) is 9.90. The number of benzene rings is 1. The van der Waals surface area contributed by atoms with Crippen molar-refractivity contribution in [3.05, 3.63) is 52.4 Å². The summed E-state index contributed by atoms with van der Waals surface area (Å²) in [7, 11) is 1.65. The molecule has 2 bridgehead atoms. The summed E-state index contributed by atoms with van der Waals surface area (Å²) in [5.74, 6) is 1.28. The van der Waals surface area contributed by atoms with Gasteiger partial charge in [-0.25, -0.2) is 4.79 Å². The minimum Gasteiger partial charge on any atom is -0.497 e. The molecule has 1 aromatic heterocycles. The van der Waals surface area contributed by atoms with E-state index in [9.17, 15) is 9.59 Å². The summed E-state index contributed by atoms with van der Waals surface area (Å²) >= 11 is 0. The summed E-state index contributed by atoms with van der Waals surface area (Å²) in [4.78, 5) is 27.1. The molecule has 2 aromatic rings. The molecule has 2 aliphatic heterocycles. The van der Waals surface area contributed by atoms with E-state index in [1.54, 1.807) is 13.2 Å². The Hall–Kier alpha value is -2.76. The SMILES string of the molecule is COc1ccc(-c2ccc(=O)n3c2C2CC(CN(C(=O)NC(C)C)C2)C3)cc1. The quantitative estimate of drug-likeness (QED) is 0.889. The van der Waals surface area contributed by atoms with Crippen molar-refractivity contribution in [2.75, 3.05) is 20.2 Å². The van der Waals surface area contributed by atoms with Crippen LogP contribution in [0.4, 0.5) is 4.79 Å². The number of aromatic nitrogens is 1. The van der Waals surface area contributed by atoms with Gasteiger partial charge >= 0.3 is 6.03 Å². The molecular weight excluding hydrogens is 354 g/mol. The summed E-state index contributed by atoms with van der Waals surface area (Å²) in [5.41, 5.74) is 3.22. The fourth-order valence-corrected chi connectivity index (χ4v) is 4.53. The fraction of sp³-hybridized carbons (Fsp3) is 0.455. The lowest BCUT2D eigenvalue weighted by molar-refractivity contribution is 0.130. The molecule has 0 spiro atoms. The number of carbonyl (C=O) groups is 1. The lowest BCUT2D eigenvalue weighted by Gasteiger charge is -2.43. The number of ether oxygens (including phenoxy) is 1. The number of piperidine rings is 1. The third-order valence-corrected chi connectivity index (χ3v) is 5.69. The van der Waals surface area contributed by atoms with Crippen LogP contribution >= 0.6 is 0 Å². The van der Waals surface area contributed by atoms with Crippen molar-refractivity contribution in [2.24, 2.45) is 5.92 Å². The van der Waals surface area contributed by atoms with Crippen LogP contribution in [-0.4, -0.2) is 41.7 Å². The maximum Gasteiger partial charge on any atom is 0.317 e. The van der Waals surface area contributed by atoms with Gasteiger partial charge in [-0.05, 0) is 49.9 Å². The van der Waals surface area contributed by atoms with Gasteiger partial charge in [0.25, 0.3) is 5.56 Å². The van der Waals surface area contributed by atoms with E-state index < -0.39 is 0 Å². The summed E-state index contributed by atoms with van der Waals surface area (Å²) in [6, 6.07) is 11.6. The zero-order valence-electron chi connectivity index (χ0n) is 16.6. The van der Waals surface area contributed by atoms with Crippen LogP contribution in [0.25, 0.3) is 11.1 Å². The van der Waals surface area contributed by atoms with Crippen LogP contribution in [0.2, 0.25) is 0 Å². The first-order chi connectivity index (χ1) is 13.5. The normalized spacial score (nSPS) is 20.6. The van der Waals surface area contributed by atoms with E-state index in [0.717, 1.165) is 29.0 Å². The van der Waals surface area contributed by atoms with E-state index >= 15 is 0 Å². The van der Waals surface area contributed by atoms with Crippen molar-refractivity contribution in [1.29, 1.82) is 0 Å². The number of pyridine rings is 1. The molecule has 2 unspecified atom stereocenters. The molecule has 0 aliphatic carbocycles. The molecule has 0 saturated carbocycles. The van der Waals surface area contributed by atoms with E-state index in [1.807, 2.05) is 53.6 Å². The maximum atomic E-state index is 12.6. The Kier molecular flexibility index (Phi) is 4.87. The van der Waals surface area contributed by atoms with Crippen molar-refractivity contribution in [2.45, 2.75) is 38.8 Å². The highest BCUT2D eigenvalue weighted by Crippen LogP contribution is 2.40. The number of urea groups is 1. The number of nitrogens with one attached hydrogen (secondary N) is 1. The lowest BCUT2D eigenvalue weighted by Crippen LogP contribution is -2.53. The number of methoxy groups -OCH3 is 1. The zero-order chi connectivity index (χ0) is 19.8. The van der Waals surface area contributed by atoms with E-state index in [4.69, 9.17) is 4.74 Å². The van der Waals surface area contributed by atoms with Crippen LogP contribution < -0.4 is 15.6 Å². The Morgan fingerprint density at radius 3 is 2.54 bits per heavy atom. The first-order valence-corrected chi connectivity index (χ1v) is 9.90. The molecule has 148 valence electrons. The van der Waals surface area contributed by atoms with E-state index in [1.165, 1.54) is 0 Å². The van der Waals surface area contributed by atoms with E-state index in [2.05, 4.69) is 5.32 Å². The van der Waals surface area contributed by atoms with Crippen molar-refractivity contribution in [3.8, 4) is 16.9 Å². The van der Waals surface area contributed by atoms with Gasteiger partial charge in [0.15, 0.2) is 0 Å². The molecular formula is C22H27N3O3. The molecule has 2 atom stereocenters. The third-order valence-electron chi connectivity index (χ3n) is 5.69. The number of hydrogen-bond donors (Lipinski definition) is 1. The van der Waals surface area contributed by atoms with Crippen molar-refractivity contribution in [3.63, 3.8) is 0 Å². The van der Waals surface area contributed by atoms with E-state index in [0.29, 0.717) is 25.6 Å². The van der Waals surface area contributed by atoms with E-state index in [-0.39, 0.29) is 23.6 Å². The van der Waals surface area contributed by atoms with Gasteiger partial charge in [0.1, 0.15) is 5.75 Å². The Bertz CT molecular complexity index is 933. The minimum absolute atomic E-state index is 0.0116. The van der Waals surface area contributed by atoms with Gasteiger partial charge in [-0.1, -0.05) is 12.1 Å². The molecule has 1 saturated heterocycles. The van der Waals surface area contributed by atoms with Gasteiger partial charge in [-0.3, -0.25) is 4.79 Å². The average molecular weight is 381 g/mol. The molecule has 2 amide bonds. The van der Waals surface area contributed by atoms with Gasteiger partial charge in [-0.15, -0.1) is 0 Å². The molecule has 6 nitrogen and oxygen atoms in total. The third kappa shape index (κ3) is 3.39. The smallest absolute Gasteiger partial charge is 0.317 e. The number of carbonyl (C=O) groups excluding carboxylic acids is 1. The summed E-state index contributed by atoms with van der Waals surface area (Å²) in [6.45, 7) is 5.95. The minimum atomic E-state index is -0.0116. The first kappa shape index (κ1) is 18.6. The molecule has 28 heavy (non-hydrogen) atoms. The fourth-order valence-electron chi connectivity index (χ4n) is 4.53. The molecule has 6 heteroatoms. The highest BCUT2D eigenvalue weighted by molar-refractivity contribution is 5.75. The topological polar surface area (TPSA) is 63.6 Å². The van der Waals surface area contributed by atoms with Crippen LogP contribution in [0.3, 0.4) is 0 Å². The van der Waals surface area contributed by atoms with Gasteiger partial charge in [0.2, 0.25) is 0 Å². The molecule has 0 radical (unpaired) electrons. The molecule has 1 aromatic carbocycles. The second-order valence-electron chi connectivity index (χ2n) is 8.12. The summed E-state index contributed by atoms with van der Waals surface area (Å²) < 4.78 is 7.19. The van der Waals surface area contributed by atoms with Crippen LogP contribution in [0.1, 0.15) is 31.9 Å². The number of rotatable bonds is 3. The molecule has 2 aliphatic rings. The summed E-state index contributed by atoms with van der Waals surface area (Å²) in [5, 5.41) is 3.00. The van der Waals surface area contributed by atoms with Crippen molar-refractivity contribution in [1.82, 2.24) is 14.8 Å². The highest BCUT2D eigenvalue weighted by atomic mass is 16.5. The molecule has 1 N–H and O–H groups in total. The van der Waals surface area contributed by atoms with Crippen LogP contribution in [-0.2, 0) is 6.54 Å². The second-order valence-corrected chi connectivity index (χ2v) is 8.12. The van der Waals surface area contributed by atoms with Crippen molar-refractivity contribution >= 4 is 6.03 Å². The van der Waals surface area contributed by atoms with Crippen LogP contribution in [0.5, 0.6) is 5.75 Å². The Morgan fingerprint density at radius 1 is 1.11 bits per heavy atom. The number of fused-ring (bicyclic) bond motifs is 4. The Morgan fingerprint density at radius 2 is 1.86 bits per heavy atom. The summed E-state index contributed by atoms with van der Waals surface area (Å²) in [6.07, 6.45) is 1.01. The maximum absolute atomic E-state index is 12.6. The molecule has 3 heterocycles. The number of amides is 2. The van der Waals surface area contributed by atoms with Crippen molar-refractivity contribution < 1.29 is 9.53 Å². The predicted molar refractivity (Wildman–Crippen MR) is 109 cm³/mol. The average Bonchev–Trinajstić information content (AvgIpc) is 2.68. The largest absolute Gasteiger partial charge is 0.497 e. The number of nitrogens with zero attached hydrogens (tertiary/aromatic N) is 2. The molecule has 4 rings (SSSR count).